The minimum Gasteiger partial charge on any atom is -0.493 e. The molecule has 2 saturated heterocycles. The zero-order valence-electron chi connectivity index (χ0n) is 19.3. The topological polar surface area (TPSA) is 67.7 Å². The number of aryl methyl sites for hydroxylation is 1. The van der Waals surface area contributed by atoms with E-state index >= 15 is 0 Å². The lowest BCUT2D eigenvalue weighted by molar-refractivity contribution is -0.136. The number of halogens is 1. The molecule has 4 rings (SSSR count). The van der Waals surface area contributed by atoms with Gasteiger partial charge in [0.2, 0.25) is 5.91 Å². The molecule has 33 heavy (non-hydrogen) atoms. The van der Waals surface area contributed by atoms with Crippen molar-refractivity contribution < 1.29 is 14.3 Å². The first-order chi connectivity index (χ1) is 16.0. The Labute approximate surface area is 200 Å². The molecule has 2 aliphatic heterocycles. The maximum Gasteiger partial charge on any atom is 0.257 e. The van der Waals surface area contributed by atoms with Crippen LogP contribution in [-0.4, -0.2) is 64.2 Å². The van der Waals surface area contributed by atoms with Crippen LogP contribution < -0.4 is 4.74 Å². The Hall–Kier alpha value is -2.54. The van der Waals surface area contributed by atoms with Crippen LogP contribution in [0.15, 0.2) is 36.7 Å². The van der Waals surface area contributed by atoms with Crippen LogP contribution >= 0.6 is 11.6 Å². The van der Waals surface area contributed by atoms with Crippen LogP contribution in [0, 0.1) is 5.41 Å². The number of benzene rings is 1. The van der Waals surface area contributed by atoms with Crippen molar-refractivity contribution in [3.05, 3.63) is 47.2 Å². The van der Waals surface area contributed by atoms with Crippen LogP contribution in [0.1, 0.15) is 55.8 Å². The number of piperidine rings is 2. The number of hydrogen-bond acceptors (Lipinski definition) is 4. The van der Waals surface area contributed by atoms with Crippen LogP contribution in [0.5, 0.6) is 5.75 Å². The molecule has 7 nitrogen and oxygen atoms in total. The predicted octanol–water partition coefficient (Wildman–Crippen LogP) is 4.26. The molecule has 0 saturated carbocycles. The molecule has 2 aliphatic rings. The van der Waals surface area contributed by atoms with Crippen molar-refractivity contribution in [3.8, 4) is 5.75 Å². The van der Waals surface area contributed by atoms with Gasteiger partial charge in [-0.2, -0.15) is 5.10 Å². The van der Waals surface area contributed by atoms with Gasteiger partial charge in [0, 0.05) is 55.8 Å². The second-order valence-corrected chi connectivity index (χ2v) is 9.72. The summed E-state index contributed by atoms with van der Waals surface area (Å²) in [6.45, 7) is 5.88. The smallest absolute Gasteiger partial charge is 0.257 e. The Balaban J connectivity index is 1.52. The minimum atomic E-state index is -0.439. The molecule has 2 amide bonds. The first-order valence-electron chi connectivity index (χ1n) is 12.0. The average molecular weight is 473 g/mol. The SMILES string of the molecule is CCn1cc(C(=O)N2CCC[C@](COc3cccc(Cl)c3)(CC(=O)N3CCCCC3)C2)cn1. The largest absolute Gasteiger partial charge is 0.493 e. The lowest BCUT2D eigenvalue weighted by atomic mass is 9.77. The predicted molar refractivity (Wildman–Crippen MR) is 127 cm³/mol. The second-order valence-electron chi connectivity index (χ2n) is 9.28. The Bertz CT molecular complexity index is 972. The Morgan fingerprint density at radius 3 is 2.64 bits per heavy atom. The summed E-state index contributed by atoms with van der Waals surface area (Å²) in [6.07, 6.45) is 8.77. The first-order valence-corrected chi connectivity index (χ1v) is 12.3. The Morgan fingerprint density at radius 1 is 1.12 bits per heavy atom. The van der Waals surface area contributed by atoms with E-state index in [1.165, 1.54) is 6.42 Å². The van der Waals surface area contributed by atoms with Crippen molar-refractivity contribution in [2.24, 2.45) is 5.41 Å². The molecule has 0 unspecified atom stereocenters. The zero-order chi connectivity index (χ0) is 23.3. The number of amides is 2. The van der Waals surface area contributed by atoms with E-state index in [2.05, 4.69) is 5.10 Å². The van der Waals surface area contributed by atoms with Gasteiger partial charge in [0.25, 0.3) is 5.91 Å². The quantitative estimate of drug-likeness (QED) is 0.603. The highest BCUT2D eigenvalue weighted by atomic mass is 35.5. The normalized spacial score (nSPS) is 21.2. The Morgan fingerprint density at radius 2 is 1.91 bits per heavy atom. The summed E-state index contributed by atoms with van der Waals surface area (Å²) in [5.41, 5.74) is 0.150. The van der Waals surface area contributed by atoms with Crippen LogP contribution in [0.4, 0.5) is 0 Å². The zero-order valence-corrected chi connectivity index (χ0v) is 20.1. The summed E-state index contributed by atoms with van der Waals surface area (Å²) in [6, 6.07) is 7.32. The highest BCUT2D eigenvalue weighted by Gasteiger charge is 2.41. The fourth-order valence-electron chi connectivity index (χ4n) is 4.89. The maximum atomic E-state index is 13.3. The number of likely N-dealkylation sites (tertiary alicyclic amines) is 2. The van der Waals surface area contributed by atoms with E-state index in [9.17, 15) is 9.59 Å². The molecule has 8 heteroatoms. The van der Waals surface area contributed by atoms with Crippen LogP contribution in [-0.2, 0) is 11.3 Å². The molecule has 0 spiro atoms. The van der Waals surface area contributed by atoms with E-state index in [4.69, 9.17) is 16.3 Å². The standard InChI is InChI=1S/C25H33ClN4O3/c1-2-30-17-20(16-27-30)24(32)29-13-7-10-25(18-29,15-23(31)28-11-4-3-5-12-28)19-33-22-9-6-8-21(26)14-22/h6,8-9,14,16-17H,2-5,7,10-13,15,18-19H2,1H3/t25-/m0/s1. The third-order valence-electron chi connectivity index (χ3n) is 6.73. The van der Waals surface area contributed by atoms with Crippen LogP contribution in [0.3, 0.4) is 0 Å². The van der Waals surface area contributed by atoms with Crippen LogP contribution in [0.25, 0.3) is 0 Å². The van der Waals surface area contributed by atoms with E-state index in [1.807, 2.05) is 34.9 Å². The molecule has 2 fully saturated rings. The average Bonchev–Trinajstić information content (AvgIpc) is 3.32. The number of carbonyl (C=O) groups is 2. The monoisotopic (exact) mass is 472 g/mol. The molecule has 0 N–H and O–H groups in total. The molecular formula is C25H33ClN4O3. The van der Waals surface area contributed by atoms with E-state index in [0.717, 1.165) is 45.3 Å². The molecule has 1 aromatic carbocycles. The summed E-state index contributed by atoms with van der Waals surface area (Å²) in [7, 11) is 0. The first kappa shape index (κ1) is 23.6. The lowest BCUT2D eigenvalue weighted by Crippen LogP contribution is -2.51. The van der Waals surface area contributed by atoms with Gasteiger partial charge in [0.05, 0.1) is 18.4 Å². The van der Waals surface area contributed by atoms with Gasteiger partial charge in [0.15, 0.2) is 0 Å². The number of ether oxygens (including phenoxy) is 1. The Kier molecular flexibility index (Phi) is 7.58. The molecule has 1 atom stereocenters. The number of hydrogen-bond donors (Lipinski definition) is 0. The molecule has 178 valence electrons. The third kappa shape index (κ3) is 5.88. The minimum absolute atomic E-state index is 0.0352. The van der Waals surface area contributed by atoms with Crippen molar-refractivity contribution in [1.29, 1.82) is 0 Å². The van der Waals surface area contributed by atoms with Gasteiger partial charge in [-0.05, 0) is 57.2 Å². The van der Waals surface area contributed by atoms with Crippen molar-refractivity contribution >= 4 is 23.4 Å². The summed E-state index contributed by atoms with van der Waals surface area (Å²) in [4.78, 5) is 30.3. The van der Waals surface area contributed by atoms with Gasteiger partial charge < -0.3 is 14.5 Å². The van der Waals surface area contributed by atoms with E-state index in [-0.39, 0.29) is 11.8 Å². The molecule has 0 aliphatic carbocycles. The summed E-state index contributed by atoms with van der Waals surface area (Å²) >= 11 is 6.13. The molecular weight excluding hydrogens is 440 g/mol. The number of carbonyl (C=O) groups excluding carboxylic acids is 2. The van der Waals surface area contributed by atoms with Gasteiger partial charge in [-0.25, -0.2) is 0 Å². The maximum absolute atomic E-state index is 13.3. The van der Waals surface area contributed by atoms with Gasteiger partial charge in [0.1, 0.15) is 5.75 Å². The number of nitrogens with zero attached hydrogens (tertiary/aromatic N) is 4. The summed E-state index contributed by atoms with van der Waals surface area (Å²) < 4.78 is 7.92. The van der Waals surface area contributed by atoms with Crippen molar-refractivity contribution in [3.63, 3.8) is 0 Å². The number of aromatic nitrogens is 2. The molecule has 0 bridgehead atoms. The van der Waals surface area contributed by atoms with Gasteiger partial charge in [-0.15, -0.1) is 0 Å². The summed E-state index contributed by atoms with van der Waals surface area (Å²) in [5.74, 6) is 0.810. The molecule has 0 radical (unpaired) electrons. The lowest BCUT2D eigenvalue weighted by Gasteiger charge is -2.43. The van der Waals surface area contributed by atoms with Gasteiger partial charge in [-0.3, -0.25) is 14.3 Å². The highest BCUT2D eigenvalue weighted by molar-refractivity contribution is 6.30. The number of rotatable bonds is 7. The van der Waals surface area contributed by atoms with Crippen molar-refractivity contribution in [2.75, 3.05) is 32.8 Å². The highest BCUT2D eigenvalue weighted by Crippen LogP contribution is 2.36. The fraction of sp³-hybridized carbons (Fsp3) is 0.560. The molecule has 1 aromatic heterocycles. The third-order valence-corrected chi connectivity index (χ3v) is 6.96. The van der Waals surface area contributed by atoms with Crippen LogP contribution in [0.2, 0.25) is 5.02 Å². The van der Waals surface area contributed by atoms with E-state index in [1.54, 1.807) is 23.1 Å². The van der Waals surface area contributed by atoms with Gasteiger partial charge >= 0.3 is 0 Å². The summed E-state index contributed by atoms with van der Waals surface area (Å²) in [5, 5.41) is 4.86. The fourth-order valence-corrected chi connectivity index (χ4v) is 5.07. The van der Waals surface area contributed by atoms with E-state index in [0.29, 0.717) is 42.5 Å². The van der Waals surface area contributed by atoms with Gasteiger partial charge in [-0.1, -0.05) is 17.7 Å². The second kappa shape index (κ2) is 10.6. The molecule has 3 heterocycles. The van der Waals surface area contributed by atoms with Crippen molar-refractivity contribution in [1.82, 2.24) is 19.6 Å². The van der Waals surface area contributed by atoms with Crippen molar-refractivity contribution in [2.45, 2.75) is 52.0 Å². The van der Waals surface area contributed by atoms with E-state index < -0.39 is 5.41 Å². The molecule has 2 aromatic rings.